The monoisotopic (exact) mass is 406 g/mol. The summed E-state index contributed by atoms with van der Waals surface area (Å²) in [5.74, 6) is 0.858. The van der Waals surface area contributed by atoms with Gasteiger partial charge in [0.05, 0.1) is 11.0 Å². The van der Waals surface area contributed by atoms with Crippen molar-refractivity contribution in [3.8, 4) is 0 Å². The molecule has 158 valence electrons. The van der Waals surface area contributed by atoms with Crippen LogP contribution in [-0.4, -0.2) is 27.9 Å². The van der Waals surface area contributed by atoms with E-state index in [1.165, 1.54) is 5.56 Å². The fourth-order valence-corrected chi connectivity index (χ4v) is 3.45. The molecule has 1 heterocycles. The molecule has 0 unspecified atom stereocenters. The van der Waals surface area contributed by atoms with Gasteiger partial charge in [-0.25, -0.2) is 4.98 Å². The first-order chi connectivity index (χ1) is 14.6. The maximum Gasteiger partial charge on any atom is 0.244 e. The number of aromatic nitrogens is 2. The van der Waals surface area contributed by atoms with Crippen molar-refractivity contribution in [3.05, 3.63) is 59.9 Å². The van der Waals surface area contributed by atoms with Crippen LogP contribution in [-0.2, 0) is 29.0 Å². The summed E-state index contributed by atoms with van der Waals surface area (Å²) in [6.07, 6.45) is 3.84. The number of para-hydroxylation sites is 2. The molecule has 3 aromatic rings. The van der Waals surface area contributed by atoms with Crippen LogP contribution in [0.15, 0.2) is 48.5 Å². The number of rotatable bonds is 10. The molecule has 0 fully saturated rings. The van der Waals surface area contributed by atoms with E-state index in [0.29, 0.717) is 19.4 Å². The second-order valence-corrected chi connectivity index (χ2v) is 7.41. The highest BCUT2D eigenvalue weighted by Gasteiger charge is 2.14. The largest absolute Gasteiger partial charge is 0.356 e. The van der Waals surface area contributed by atoms with Crippen LogP contribution < -0.4 is 10.6 Å². The molecule has 0 spiro atoms. The van der Waals surface area contributed by atoms with Gasteiger partial charge in [0.15, 0.2) is 0 Å². The molecule has 0 atom stereocenters. The number of imidazole rings is 1. The van der Waals surface area contributed by atoms with Crippen LogP contribution in [0.2, 0.25) is 0 Å². The summed E-state index contributed by atoms with van der Waals surface area (Å²) < 4.78 is 1.97. The standard InChI is InChI=1S/C24H30N4O2/c1-3-8-23(29)25-16-7-11-22-27-20-9-5-6-10-21(20)28(22)17-24(30)26-19-14-12-18(4-2)13-15-19/h5-6,9-10,12-15H,3-4,7-8,11,16-17H2,1-2H3,(H,25,29)(H,26,30). The van der Waals surface area contributed by atoms with Crippen LogP contribution in [0.25, 0.3) is 11.0 Å². The minimum absolute atomic E-state index is 0.0828. The van der Waals surface area contributed by atoms with Crippen LogP contribution in [0, 0.1) is 0 Å². The zero-order valence-electron chi connectivity index (χ0n) is 17.8. The number of carbonyl (C=O) groups excluding carboxylic acids is 2. The second-order valence-electron chi connectivity index (χ2n) is 7.41. The number of fused-ring (bicyclic) bond motifs is 1. The summed E-state index contributed by atoms with van der Waals surface area (Å²) in [7, 11) is 0. The third-order valence-corrected chi connectivity index (χ3v) is 5.06. The van der Waals surface area contributed by atoms with Crippen molar-refractivity contribution in [2.45, 2.75) is 52.5 Å². The van der Waals surface area contributed by atoms with E-state index in [9.17, 15) is 9.59 Å². The van der Waals surface area contributed by atoms with Crippen molar-refractivity contribution in [2.75, 3.05) is 11.9 Å². The molecule has 0 saturated heterocycles. The van der Waals surface area contributed by atoms with E-state index < -0.39 is 0 Å². The molecule has 3 rings (SSSR count). The molecule has 0 bridgehead atoms. The van der Waals surface area contributed by atoms with Gasteiger partial charge in [-0.2, -0.15) is 0 Å². The van der Waals surface area contributed by atoms with Gasteiger partial charge in [-0.3, -0.25) is 9.59 Å². The number of nitrogens with one attached hydrogen (secondary N) is 2. The summed E-state index contributed by atoms with van der Waals surface area (Å²) in [4.78, 5) is 29.1. The minimum atomic E-state index is -0.0834. The van der Waals surface area contributed by atoms with E-state index in [2.05, 4.69) is 17.6 Å². The zero-order chi connectivity index (χ0) is 21.3. The van der Waals surface area contributed by atoms with Gasteiger partial charge in [0.2, 0.25) is 11.8 Å². The Balaban J connectivity index is 1.67. The van der Waals surface area contributed by atoms with Crippen LogP contribution in [0.4, 0.5) is 5.69 Å². The number of amides is 2. The molecule has 2 aromatic carbocycles. The first kappa shape index (κ1) is 21.6. The molecule has 6 heteroatoms. The van der Waals surface area contributed by atoms with E-state index in [4.69, 9.17) is 4.98 Å². The van der Waals surface area contributed by atoms with Crippen LogP contribution in [0.1, 0.15) is 44.5 Å². The van der Waals surface area contributed by atoms with Gasteiger partial charge < -0.3 is 15.2 Å². The molecule has 0 aliphatic heterocycles. The van der Waals surface area contributed by atoms with Crippen molar-refractivity contribution >= 4 is 28.5 Å². The Morgan fingerprint density at radius 1 is 1.00 bits per heavy atom. The number of aryl methyl sites for hydroxylation is 2. The topological polar surface area (TPSA) is 76.0 Å². The molecule has 30 heavy (non-hydrogen) atoms. The molecule has 2 N–H and O–H groups in total. The lowest BCUT2D eigenvalue weighted by molar-refractivity contribution is -0.121. The second kappa shape index (κ2) is 10.6. The number of nitrogens with zero attached hydrogens (tertiary/aromatic N) is 2. The highest BCUT2D eigenvalue weighted by molar-refractivity contribution is 5.91. The smallest absolute Gasteiger partial charge is 0.244 e. The zero-order valence-corrected chi connectivity index (χ0v) is 17.8. The predicted octanol–water partition coefficient (Wildman–Crippen LogP) is 4.09. The van der Waals surface area contributed by atoms with Crippen molar-refractivity contribution in [2.24, 2.45) is 0 Å². The van der Waals surface area contributed by atoms with E-state index in [0.717, 1.165) is 41.8 Å². The number of benzene rings is 2. The molecule has 0 aliphatic carbocycles. The molecule has 1 aromatic heterocycles. The summed E-state index contributed by atoms with van der Waals surface area (Å²) in [6.45, 7) is 4.91. The highest BCUT2D eigenvalue weighted by atomic mass is 16.2. The van der Waals surface area contributed by atoms with Gasteiger partial charge in [0.1, 0.15) is 12.4 Å². The number of anilines is 1. The van der Waals surface area contributed by atoms with Crippen LogP contribution in [0.3, 0.4) is 0 Å². The quantitative estimate of drug-likeness (QED) is 0.498. The summed E-state index contributed by atoms with van der Waals surface area (Å²) >= 11 is 0. The molecular weight excluding hydrogens is 376 g/mol. The molecule has 0 radical (unpaired) electrons. The molecule has 2 amide bonds. The van der Waals surface area contributed by atoms with Gasteiger partial charge >= 0.3 is 0 Å². The maximum atomic E-state index is 12.7. The number of hydrogen-bond donors (Lipinski definition) is 2. The Hall–Kier alpha value is -3.15. The average Bonchev–Trinajstić information content (AvgIpc) is 3.09. The van der Waals surface area contributed by atoms with Crippen molar-refractivity contribution in [3.63, 3.8) is 0 Å². The molecular formula is C24H30N4O2. The number of carbonyl (C=O) groups is 2. The first-order valence-corrected chi connectivity index (χ1v) is 10.7. The average molecular weight is 407 g/mol. The van der Waals surface area contributed by atoms with Crippen molar-refractivity contribution < 1.29 is 9.59 Å². The summed E-state index contributed by atoms with van der Waals surface area (Å²) in [5.41, 5.74) is 3.85. The fourth-order valence-electron chi connectivity index (χ4n) is 3.45. The van der Waals surface area contributed by atoms with Gasteiger partial charge in [-0.15, -0.1) is 0 Å². The Bertz CT molecular complexity index is 992. The lowest BCUT2D eigenvalue weighted by Gasteiger charge is -2.11. The SMILES string of the molecule is CCCC(=O)NCCCc1nc2ccccc2n1CC(=O)Nc1ccc(CC)cc1. The fraction of sp³-hybridized carbons (Fsp3) is 0.375. The third-order valence-electron chi connectivity index (χ3n) is 5.06. The Labute approximate surface area is 177 Å². The lowest BCUT2D eigenvalue weighted by atomic mass is 10.1. The van der Waals surface area contributed by atoms with E-state index in [1.54, 1.807) is 0 Å². The highest BCUT2D eigenvalue weighted by Crippen LogP contribution is 2.18. The van der Waals surface area contributed by atoms with Crippen LogP contribution >= 0.6 is 0 Å². The number of hydrogen-bond acceptors (Lipinski definition) is 3. The van der Waals surface area contributed by atoms with Crippen LogP contribution in [0.5, 0.6) is 0 Å². The van der Waals surface area contributed by atoms with E-state index in [-0.39, 0.29) is 18.4 Å². The Morgan fingerprint density at radius 2 is 1.77 bits per heavy atom. The third kappa shape index (κ3) is 5.69. The normalized spacial score (nSPS) is 10.9. The van der Waals surface area contributed by atoms with Crippen molar-refractivity contribution in [1.82, 2.24) is 14.9 Å². The van der Waals surface area contributed by atoms with Gasteiger partial charge in [-0.05, 0) is 49.1 Å². The van der Waals surface area contributed by atoms with Gasteiger partial charge in [0, 0.05) is 25.1 Å². The minimum Gasteiger partial charge on any atom is -0.356 e. The Kier molecular flexibility index (Phi) is 7.60. The molecule has 0 saturated carbocycles. The first-order valence-electron chi connectivity index (χ1n) is 10.7. The van der Waals surface area contributed by atoms with Gasteiger partial charge in [-0.1, -0.05) is 38.1 Å². The summed E-state index contributed by atoms with van der Waals surface area (Å²) in [5, 5.41) is 5.91. The van der Waals surface area contributed by atoms with E-state index >= 15 is 0 Å². The lowest BCUT2D eigenvalue weighted by Crippen LogP contribution is -2.25. The summed E-state index contributed by atoms with van der Waals surface area (Å²) in [6, 6.07) is 15.8. The van der Waals surface area contributed by atoms with E-state index in [1.807, 2.05) is 60.0 Å². The van der Waals surface area contributed by atoms with Crippen molar-refractivity contribution in [1.29, 1.82) is 0 Å². The maximum absolute atomic E-state index is 12.7. The molecule has 6 nitrogen and oxygen atoms in total. The van der Waals surface area contributed by atoms with Gasteiger partial charge in [0.25, 0.3) is 0 Å². The molecule has 0 aliphatic rings. The predicted molar refractivity (Wildman–Crippen MR) is 120 cm³/mol. The Morgan fingerprint density at radius 3 is 2.50 bits per heavy atom.